The van der Waals surface area contributed by atoms with E-state index in [1.165, 1.54) is 22.3 Å². The third-order valence-corrected chi connectivity index (χ3v) is 3.48. The molecule has 0 aliphatic carbocycles. The van der Waals surface area contributed by atoms with Crippen LogP contribution in [0.15, 0.2) is 42.7 Å². The van der Waals surface area contributed by atoms with Crippen molar-refractivity contribution in [2.75, 3.05) is 6.54 Å². The van der Waals surface area contributed by atoms with Crippen LogP contribution < -0.4 is 5.32 Å². The summed E-state index contributed by atoms with van der Waals surface area (Å²) in [6.07, 6.45) is 4.88. The van der Waals surface area contributed by atoms with E-state index in [0.29, 0.717) is 6.04 Å². The molecule has 0 fully saturated rings. The molecule has 1 N–H and O–H groups in total. The number of hydrogen-bond donors (Lipinski definition) is 1. The van der Waals surface area contributed by atoms with Crippen molar-refractivity contribution in [3.8, 4) is 11.1 Å². The first-order chi connectivity index (χ1) is 9.26. The molecule has 0 saturated heterocycles. The third kappa shape index (κ3) is 3.21. The van der Waals surface area contributed by atoms with E-state index in [0.717, 1.165) is 13.0 Å². The quantitative estimate of drug-likeness (QED) is 0.868. The minimum absolute atomic E-state index is 0.437. The molecule has 0 spiro atoms. The fraction of sp³-hybridized carbons (Fsp3) is 0.353. The van der Waals surface area contributed by atoms with E-state index in [2.05, 4.69) is 61.4 Å². The zero-order chi connectivity index (χ0) is 13.7. The smallest absolute Gasteiger partial charge is 0.0317 e. The molecule has 0 bridgehead atoms. The third-order valence-electron chi connectivity index (χ3n) is 3.48. The van der Waals surface area contributed by atoms with Crippen LogP contribution in [0.4, 0.5) is 0 Å². The van der Waals surface area contributed by atoms with E-state index in [9.17, 15) is 0 Å². The topological polar surface area (TPSA) is 24.9 Å². The lowest BCUT2D eigenvalue weighted by Gasteiger charge is -2.17. The highest BCUT2D eigenvalue weighted by atomic mass is 14.9. The number of aryl methyl sites for hydroxylation is 1. The van der Waals surface area contributed by atoms with Crippen molar-refractivity contribution in [2.24, 2.45) is 0 Å². The molecular weight excluding hydrogens is 232 g/mol. The molecule has 0 saturated carbocycles. The molecular formula is C17H22N2. The van der Waals surface area contributed by atoms with Gasteiger partial charge in [-0.25, -0.2) is 0 Å². The van der Waals surface area contributed by atoms with Crippen LogP contribution in [0.5, 0.6) is 0 Å². The van der Waals surface area contributed by atoms with Crippen molar-refractivity contribution in [3.63, 3.8) is 0 Å². The van der Waals surface area contributed by atoms with Gasteiger partial charge in [0.2, 0.25) is 0 Å². The van der Waals surface area contributed by atoms with Gasteiger partial charge in [-0.1, -0.05) is 32.0 Å². The molecule has 1 unspecified atom stereocenters. The normalized spacial score (nSPS) is 12.4. The Labute approximate surface area is 115 Å². The minimum Gasteiger partial charge on any atom is -0.310 e. The van der Waals surface area contributed by atoms with E-state index in [1.807, 2.05) is 12.4 Å². The Balaban J connectivity index is 2.36. The van der Waals surface area contributed by atoms with Gasteiger partial charge < -0.3 is 5.32 Å². The van der Waals surface area contributed by atoms with Gasteiger partial charge in [0.05, 0.1) is 0 Å². The summed E-state index contributed by atoms with van der Waals surface area (Å²) in [4.78, 5) is 4.16. The summed E-state index contributed by atoms with van der Waals surface area (Å²) < 4.78 is 0. The number of pyridine rings is 1. The van der Waals surface area contributed by atoms with Crippen molar-refractivity contribution < 1.29 is 0 Å². The number of nitrogens with one attached hydrogen (secondary N) is 1. The maximum absolute atomic E-state index is 4.16. The molecule has 0 amide bonds. The second-order valence-corrected chi connectivity index (χ2v) is 4.83. The van der Waals surface area contributed by atoms with E-state index >= 15 is 0 Å². The maximum Gasteiger partial charge on any atom is 0.0317 e. The van der Waals surface area contributed by atoms with Gasteiger partial charge >= 0.3 is 0 Å². The SMILES string of the molecule is CCNC(CC)c1cccc(-c2ccncc2C)c1. The van der Waals surface area contributed by atoms with Crippen LogP contribution >= 0.6 is 0 Å². The molecule has 0 aliphatic heterocycles. The van der Waals surface area contributed by atoms with Crippen molar-refractivity contribution in [1.29, 1.82) is 0 Å². The zero-order valence-corrected chi connectivity index (χ0v) is 12.0. The summed E-state index contributed by atoms with van der Waals surface area (Å²) in [5.74, 6) is 0. The second kappa shape index (κ2) is 6.48. The van der Waals surface area contributed by atoms with Crippen LogP contribution in [0.25, 0.3) is 11.1 Å². The average Bonchev–Trinajstić information content (AvgIpc) is 2.45. The first-order valence-electron chi connectivity index (χ1n) is 7.00. The van der Waals surface area contributed by atoms with E-state index in [-0.39, 0.29) is 0 Å². The first kappa shape index (κ1) is 13.8. The Bertz CT molecular complexity index is 534. The lowest BCUT2D eigenvalue weighted by Crippen LogP contribution is -2.19. The predicted octanol–water partition coefficient (Wildman–Crippen LogP) is 4.12. The lowest BCUT2D eigenvalue weighted by molar-refractivity contribution is 0.537. The molecule has 19 heavy (non-hydrogen) atoms. The van der Waals surface area contributed by atoms with E-state index in [4.69, 9.17) is 0 Å². The number of aromatic nitrogens is 1. The summed E-state index contributed by atoms with van der Waals surface area (Å²) in [7, 11) is 0. The number of nitrogens with zero attached hydrogens (tertiary/aromatic N) is 1. The molecule has 100 valence electrons. The van der Waals surface area contributed by atoms with Gasteiger partial charge in [-0.15, -0.1) is 0 Å². The number of rotatable bonds is 5. The van der Waals surface area contributed by atoms with E-state index in [1.54, 1.807) is 0 Å². The highest BCUT2D eigenvalue weighted by Crippen LogP contribution is 2.26. The fourth-order valence-corrected chi connectivity index (χ4v) is 2.46. The zero-order valence-electron chi connectivity index (χ0n) is 12.0. The summed E-state index contributed by atoms with van der Waals surface area (Å²) in [6.45, 7) is 7.48. The summed E-state index contributed by atoms with van der Waals surface area (Å²) in [6, 6.07) is 11.3. The first-order valence-corrected chi connectivity index (χ1v) is 7.00. The Morgan fingerprint density at radius 3 is 2.74 bits per heavy atom. The summed E-state index contributed by atoms with van der Waals surface area (Å²) in [5.41, 5.74) is 5.12. The monoisotopic (exact) mass is 254 g/mol. The van der Waals surface area contributed by atoms with Crippen LogP contribution in [0.3, 0.4) is 0 Å². The van der Waals surface area contributed by atoms with Gasteiger partial charge in [-0.2, -0.15) is 0 Å². The summed E-state index contributed by atoms with van der Waals surface area (Å²) in [5, 5.41) is 3.53. The highest BCUT2D eigenvalue weighted by molar-refractivity contribution is 5.67. The minimum atomic E-state index is 0.437. The molecule has 0 radical (unpaired) electrons. The predicted molar refractivity (Wildman–Crippen MR) is 81.1 cm³/mol. The highest BCUT2D eigenvalue weighted by Gasteiger charge is 2.09. The van der Waals surface area contributed by atoms with Crippen LogP contribution in [-0.4, -0.2) is 11.5 Å². The Kier molecular flexibility index (Phi) is 4.69. The molecule has 1 atom stereocenters. The molecule has 1 aromatic carbocycles. The van der Waals surface area contributed by atoms with Crippen molar-refractivity contribution >= 4 is 0 Å². The van der Waals surface area contributed by atoms with Gasteiger partial charge in [0.1, 0.15) is 0 Å². The van der Waals surface area contributed by atoms with Crippen molar-refractivity contribution in [2.45, 2.75) is 33.2 Å². The number of benzene rings is 1. The molecule has 2 aromatic rings. The Hall–Kier alpha value is -1.67. The Morgan fingerprint density at radius 1 is 1.21 bits per heavy atom. The Morgan fingerprint density at radius 2 is 2.05 bits per heavy atom. The molecule has 2 heteroatoms. The van der Waals surface area contributed by atoms with Gasteiger partial charge in [-0.05, 0) is 54.3 Å². The average molecular weight is 254 g/mol. The molecule has 1 heterocycles. The molecule has 2 rings (SSSR count). The number of hydrogen-bond acceptors (Lipinski definition) is 2. The van der Waals surface area contributed by atoms with Crippen molar-refractivity contribution in [3.05, 3.63) is 53.9 Å². The van der Waals surface area contributed by atoms with Gasteiger partial charge in [0, 0.05) is 18.4 Å². The molecule has 1 aromatic heterocycles. The molecule has 2 nitrogen and oxygen atoms in total. The van der Waals surface area contributed by atoms with Crippen LogP contribution in [0, 0.1) is 6.92 Å². The van der Waals surface area contributed by atoms with Crippen LogP contribution in [-0.2, 0) is 0 Å². The van der Waals surface area contributed by atoms with Gasteiger partial charge in [0.25, 0.3) is 0 Å². The lowest BCUT2D eigenvalue weighted by atomic mass is 9.97. The van der Waals surface area contributed by atoms with Crippen molar-refractivity contribution in [1.82, 2.24) is 10.3 Å². The van der Waals surface area contributed by atoms with Gasteiger partial charge in [0.15, 0.2) is 0 Å². The second-order valence-electron chi connectivity index (χ2n) is 4.83. The van der Waals surface area contributed by atoms with Crippen LogP contribution in [0.1, 0.15) is 37.4 Å². The standard InChI is InChI=1S/C17H22N2/c1-4-17(19-5-2)15-8-6-7-14(11-15)16-9-10-18-12-13(16)3/h6-12,17,19H,4-5H2,1-3H3. The fourth-order valence-electron chi connectivity index (χ4n) is 2.46. The maximum atomic E-state index is 4.16. The largest absolute Gasteiger partial charge is 0.310 e. The summed E-state index contributed by atoms with van der Waals surface area (Å²) >= 11 is 0. The molecule has 0 aliphatic rings. The van der Waals surface area contributed by atoms with Gasteiger partial charge in [-0.3, -0.25) is 4.98 Å². The van der Waals surface area contributed by atoms with Crippen LogP contribution in [0.2, 0.25) is 0 Å². The van der Waals surface area contributed by atoms with E-state index < -0.39 is 0 Å².